The summed E-state index contributed by atoms with van der Waals surface area (Å²) >= 11 is 5.18. The summed E-state index contributed by atoms with van der Waals surface area (Å²) in [7, 11) is 1.43. The minimum absolute atomic E-state index is 0.0833. The number of carbonyl (C=O) groups excluding carboxylic acids is 3. The van der Waals surface area contributed by atoms with E-state index in [0.29, 0.717) is 28.1 Å². The van der Waals surface area contributed by atoms with Gasteiger partial charge in [0.2, 0.25) is 0 Å². The fourth-order valence-electron chi connectivity index (χ4n) is 2.78. The highest BCUT2D eigenvalue weighted by atomic mass is 32.1. The van der Waals surface area contributed by atoms with E-state index in [1.54, 1.807) is 42.5 Å². The Hall–Kier alpha value is -3.26. The third-order valence-corrected chi connectivity index (χ3v) is 4.81. The van der Waals surface area contributed by atoms with Gasteiger partial charge in [0.1, 0.15) is 5.75 Å². The lowest BCUT2D eigenvalue weighted by Gasteiger charge is -2.13. The molecule has 8 heteroatoms. The molecule has 1 aliphatic heterocycles. The molecule has 3 rings (SSSR count). The number of carbonyl (C=O) groups is 3. The van der Waals surface area contributed by atoms with E-state index in [-0.39, 0.29) is 28.9 Å². The van der Waals surface area contributed by atoms with Gasteiger partial charge >= 0.3 is 0 Å². The molecule has 2 aromatic carbocycles. The average molecular weight is 411 g/mol. The molecule has 0 aliphatic carbocycles. The molecule has 0 saturated carbocycles. The van der Waals surface area contributed by atoms with Crippen molar-refractivity contribution in [2.75, 3.05) is 12.4 Å². The van der Waals surface area contributed by atoms with Gasteiger partial charge in [0, 0.05) is 18.3 Å². The van der Waals surface area contributed by atoms with Gasteiger partial charge in [-0.2, -0.15) is 0 Å². The van der Waals surface area contributed by atoms with Crippen molar-refractivity contribution in [1.82, 2.24) is 10.2 Å². The third kappa shape index (κ3) is 4.43. The van der Waals surface area contributed by atoms with E-state index < -0.39 is 0 Å². The standard InChI is InChI=1S/C21H21N3O4S/c1-4-12(2)28-15-8-5-13(6-9-15)18(25)23-21(29)22-14-7-10-16-17(11-14)20(27)24(3)19(16)26/h5-12H,4H2,1-3H3,(H2,22,23,25,29). The first-order valence-electron chi connectivity index (χ1n) is 9.15. The molecule has 0 bridgehead atoms. The van der Waals surface area contributed by atoms with Gasteiger partial charge in [-0.25, -0.2) is 0 Å². The number of thiocarbonyl (C=S) groups is 1. The van der Waals surface area contributed by atoms with Crippen LogP contribution in [0.15, 0.2) is 42.5 Å². The topological polar surface area (TPSA) is 87.7 Å². The van der Waals surface area contributed by atoms with Crippen molar-refractivity contribution >= 4 is 40.7 Å². The molecule has 2 aromatic rings. The van der Waals surface area contributed by atoms with Crippen LogP contribution in [0.25, 0.3) is 0 Å². The van der Waals surface area contributed by atoms with E-state index in [4.69, 9.17) is 17.0 Å². The maximum absolute atomic E-state index is 12.4. The fourth-order valence-corrected chi connectivity index (χ4v) is 2.99. The molecule has 0 aromatic heterocycles. The number of hydrogen-bond acceptors (Lipinski definition) is 5. The molecule has 0 saturated heterocycles. The molecule has 1 unspecified atom stereocenters. The zero-order valence-electron chi connectivity index (χ0n) is 16.3. The molecule has 7 nitrogen and oxygen atoms in total. The van der Waals surface area contributed by atoms with Gasteiger partial charge < -0.3 is 10.1 Å². The van der Waals surface area contributed by atoms with Crippen molar-refractivity contribution in [2.24, 2.45) is 0 Å². The van der Waals surface area contributed by atoms with Gasteiger partial charge in [0.05, 0.1) is 17.2 Å². The molecule has 1 aliphatic rings. The van der Waals surface area contributed by atoms with Crippen molar-refractivity contribution in [3.05, 3.63) is 59.2 Å². The lowest BCUT2D eigenvalue weighted by atomic mass is 10.1. The summed E-state index contributed by atoms with van der Waals surface area (Å²) in [5.41, 5.74) is 1.58. The highest BCUT2D eigenvalue weighted by Gasteiger charge is 2.32. The van der Waals surface area contributed by atoms with Crippen molar-refractivity contribution in [1.29, 1.82) is 0 Å². The van der Waals surface area contributed by atoms with Crippen LogP contribution in [0, 0.1) is 0 Å². The number of hydrogen-bond donors (Lipinski definition) is 2. The maximum Gasteiger partial charge on any atom is 0.261 e. The SMILES string of the molecule is CCC(C)Oc1ccc(C(=O)NC(=S)Nc2ccc3c(c2)C(=O)N(C)C3=O)cc1. The van der Waals surface area contributed by atoms with Crippen molar-refractivity contribution in [2.45, 2.75) is 26.4 Å². The zero-order chi connectivity index (χ0) is 21.1. The number of nitrogens with zero attached hydrogens (tertiary/aromatic N) is 1. The Balaban J connectivity index is 1.62. The van der Waals surface area contributed by atoms with Crippen LogP contribution < -0.4 is 15.4 Å². The molecule has 0 fully saturated rings. The lowest BCUT2D eigenvalue weighted by molar-refractivity contribution is 0.0692. The Labute approximate surface area is 174 Å². The first-order chi connectivity index (χ1) is 13.8. The van der Waals surface area contributed by atoms with E-state index in [0.717, 1.165) is 11.3 Å². The molecule has 0 spiro atoms. The number of fused-ring (bicyclic) bond motifs is 1. The summed E-state index contributed by atoms with van der Waals surface area (Å²) in [4.78, 5) is 37.5. The molecule has 150 valence electrons. The Morgan fingerprint density at radius 2 is 1.76 bits per heavy atom. The first-order valence-corrected chi connectivity index (χ1v) is 9.56. The van der Waals surface area contributed by atoms with E-state index in [2.05, 4.69) is 10.6 Å². The van der Waals surface area contributed by atoms with E-state index in [1.165, 1.54) is 7.05 Å². The van der Waals surface area contributed by atoms with Crippen molar-refractivity contribution in [3.8, 4) is 5.75 Å². The molecular weight excluding hydrogens is 390 g/mol. The monoisotopic (exact) mass is 411 g/mol. The third-order valence-electron chi connectivity index (χ3n) is 4.60. The largest absolute Gasteiger partial charge is 0.491 e. The van der Waals surface area contributed by atoms with Crippen LogP contribution in [0.5, 0.6) is 5.75 Å². The molecule has 2 N–H and O–H groups in total. The molecule has 1 atom stereocenters. The van der Waals surface area contributed by atoms with Gasteiger partial charge in [-0.05, 0) is 68.0 Å². The second-order valence-corrected chi connectivity index (χ2v) is 7.11. The van der Waals surface area contributed by atoms with Gasteiger partial charge in [0.25, 0.3) is 17.7 Å². The minimum Gasteiger partial charge on any atom is -0.491 e. The lowest BCUT2D eigenvalue weighted by Crippen LogP contribution is -2.34. The molecule has 0 radical (unpaired) electrons. The molecule has 1 heterocycles. The van der Waals surface area contributed by atoms with Crippen LogP contribution in [0.3, 0.4) is 0 Å². The zero-order valence-corrected chi connectivity index (χ0v) is 17.1. The van der Waals surface area contributed by atoms with Gasteiger partial charge in [-0.3, -0.25) is 24.6 Å². The van der Waals surface area contributed by atoms with Gasteiger partial charge in [-0.1, -0.05) is 6.92 Å². The molecule has 3 amide bonds. The summed E-state index contributed by atoms with van der Waals surface area (Å²) < 4.78 is 5.69. The minimum atomic E-state index is -0.372. The number of imide groups is 1. The summed E-state index contributed by atoms with van der Waals surface area (Å²) in [6, 6.07) is 11.5. The number of anilines is 1. The molecular formula is C21H21N3O4S. The summed E-state index contributed by atoms with van der Waals surface area (Å²) in [6.07, 6.45) is 0.988. The Bertz CT molecular complexity index is 988. The predicted octanol–water partition coefficient (Wildman–Crippen LogP) is 3.22. The Morgan fingerprint density at radius 3 is 2.41 bits per heavy atom. The second-order valence-electron chi connectivity index (χ2n) is 6.70. The number of rotatable bonds is 5. The summed E-state index contributed by atoms with van der Waals surface area (Å²) in [6.45, 7) is 4.01. The Kier molecular flexibility index (Phi) is 5.93. The Morgan fingerprint density at radius 1 is 1.10 bits per heavy atom. The maximum atomic E-state index is 12.4. The number of nitrogens with one attached hydrogen (secondary N) is 2. The molecule has 29 heavy (non-hydrogen) atoms. The van der Waals surface area contributed by atoms with E-state index in [1.807, 2.05) is 13.8 Å². The van der Waals surface area contributed by atoms with E-state index in [9.17, 15) is 14.4 Å². The predicted molar refractivity (Wildman–Crippen MR) is 113 cm³/mol. The highest BCUT2D eigenvalue weighted by molar-refractivity contribution is 7.80. The summed E-state index contributed by atoms with van der Waals surface area (Å²) in [5.74, 6) is -0.389. The van der Waals surface area contributed by atoms with Crippen LogP contribution >= 0.6 is 12.2 Å². The fraction of sp³-hybridized carbons (Fsp3) is 0.238. The normalized spacial score (nSPS) is 13.7. The second kappa shape index (κ2) is 8.40. The van der Waals surface area contributed by atoms with Crippen LogP contribution in [-0.4, -0.2) is 40.9 Å². The smallest absolute Gasteiger partial charge is 0.261 e. The van der Waals surface area contributed by atoms with Crippen LogP contribution in [0.2, 0.25) is 0 Å². The van der Waals surface area contributed by atoms with Gasteiger partial charge in [0.15, 0.2) is 5.11 Å². The number of amides is 3. The van der Waals surface area contributed by atoms with E-state index >= 15 is 0 Å². The quantitative estimate of drug-likeness (QED) is 0.580. The first kappa shape index (κ1) is 20.5. The highest BCUT2D eigenvalue weighted by Crippen LogP contribution is 2.24. The van der Waals surface area contributed by atoms with Crippen LogP contribution in [-0.2, 0) is 0 Å². The average Bonchev–Trinajstić information content (AvgIpc) is 2.92. The number of benzene rings is 2. The summed E-state index contributed by atoms with van der Waals surface area (Å²) in [5, 5.41) is 5.53. The number of ether oxygens (including phenoxy) is 1. The van der Waals surface area contributed by atoms with Crippen molar-refractivity contribution in [3.63, 3.8) is 0 Å². The van der Waals surface area contributed by atoms with Gasteiger partial charge in [-0.15, -0.1) is 0 Å². The van der Waals surface area contributed by atoms with Crippen LogP contribution in [0.1, 0.15) is 51.3 Å². The van der Waals surface area contributed by atoms with Crippen LogP contribution in [0.4, 0.5) is 5.69 Å². The van der Waals surface area contributed by atoms with Crippen molar-refractivity contribution < 1.29 is 19.1 Å².